The van der Waals surface area contributed by atoms with Crippen molar-refractivity contribution in [2.45, 2.75) is 135 Å². The molecule has 0 aromatic rings. The molecular weight excluding hydrogens is 828 g/mol. The zero-order valence-corrected chi connectivity index (χ0v) is 41.1. The third kappa shape index (κ3) is 25.7. The molecule has 57 heavy (non-hydrogen) atoms. The quantitative estimate of drug-likeness (QED) is 0.0891. The van der Waals surface area contributed by atoms with Crippen molar-refractivity contribution in [3.05, 3.63) is 0 Å². The zero-order valence-electron chi connectivity index (χ0n) is 38.7. The van der Waals surface area contributed by atoms with Crippen molar-refractivity contribution in [2.24, 2.45) is 23.7 Å². The van der Waals surface area contributed by atoms with Gasteiger partial charge in [-0.2, -0.15) is 0 Å². The molecule has 0 rings (SSSR count). The summed E-state index contributed by atoms with van der Waals surface area (Å²) in [5.74, 6) is -5.88. The van der Waals surface area contributed by atoms with E-state index in [2.05, 4.69) is 0 Å². The third-order valence-corrected chi connectivity index (χ3v) is 7.56. The molecule has 344 valence electrons. The van der Waals surface area contributed by atoms with E-state index in [1.807, 2.05) is 83.1 Å². The van der Waals surface area contributed by atoms with E-state index in [0.29, 0.717) is 79.3 Å². The number of ether oxygens (including phenoxy) is 12. The molecule has 0 heterocycles. The predicted octanol–water partition coefficient (Wildman–Crippen LogP) is 2.98. The fourth-order valence-electron chi connectivity index (χ4n) is 5.03. The van der Waals surface area contributed by atoms with E-state index in [9.17, 15) is 20.4 Å². The van der Waals surface area contributed by atoms with Gasteiger partial charge in [-0.1, -0.05) is 27.7 Å². The van der Waals surface area contributed by atoms with Crippen molar-refractivity contribution >= 4 is 0 Å². The van der Waals surface area contributed by atoms with Gasteiger partial charge in [-0.15, -0.1) is 26.4 Å². The molecule has 17 heteroatoms. The SMILES string of the molecule is CCOC(OCC)(OCC)C(C)C[O-].CCOC(OCC)(OCC)C(C)C[O-].CCOC(OCC)(OCC)C(C)C[O-].CCOC(OCC)(OCC)C(C)C[O-].[Zr+4]. The molecule has 0 aromatic carbocycles. The first-order valence-corrected chi connectivity index (χ1v) is 20.7. The molecule has 0 N–H and O–H groups in total. The maximum Gasteiger partial charge on any atom is 4.00 e. The molecular formula is C40H84O16Zr. The average Bonchev–Trinajstić information content (AvgIpc) is 3.18. The molecule has 0 radical (unpaired) electrons. The summed E-state index contributed by atoms with van der Waals surface area (Å²) in [6.07, 6.45) is 0. The molecule has 0 amide bonds. The van der Waals surface area contributed by atoms with Crippen LogP contribution < -0.4 is 20.4 Å². The minimum atomic E-state index is -1.15. The smallest absolute Gasteiger partial charge is 0.854 e. The second-order valence-electron chi connectivity index (χ2n) is 11.9. The maximum absolute atomic E-state index is 10.9. The van der Waals surface area contributed by atoms with Crippen LogP contribution in [0.2, 0.25) is 0 Å². The minimum Gasteiger partial charge on any atom is -0.854 e. The van der Waals surface area contributed by atoms with Crippen molar-refractivity contribution in [3.8, 4) is 0 Å². The van der Waals surface area contributed by atoms with E-state index < -0.39 is 23.9 Å². The van der Waals surface area contributed by atoms with Crippen molar-refractivity contribution in [2.75, 3.05) is 106 Å². The molecule has 0 aliphatic carbocycles. The van der Waals surface area contributed by atoms with Gasteiger partial charge in [-0.25, -0.2) is 0 Å². The second kappa shape index (κ2) is 41.6. The first-order chi connectivity index (χ1) is 26.7. The Bertz CT molecular complexity index is 620. The molecule has 0 saturated heterocycles. The van der Waals surface area contributed by atoms with Crippen molar-refractivity contribution in [1.82, 2.24) is 0 Å². The fourth-order valence-corrected chi connectivity index (χ4v) is 5.03. The Morgan fingerprint density at radius 1 is 0.263 bits per heavy atom. The largest absolute Gasteiger partial charge is 4.00 e. The van der Waals surface area contributed by atoms with Gasteiger partial charge in [0.15, 0.2) is 0 Å². The number of hydrogen-bond donors (Lipinski definition) is 0. The first kappa shape index (κ1) is 66.3. The summed E-state index contributed by atoms with van der Waals surface area (Å²) in [4.78, 5) is 0. The molecule has 16 nitrogen and oxygen atoms in total. The Hall–Kier alpha value is 0.243. The predicted molar refractivity (Wildman–Crippen MR) is 207 cm³/mol. The van der Waals surface area contributed by atoms with Crippen LogP contribution in [0.1, 0.15) is 111 Å². The van der Waals surface area contributed by atoms with Crippen molar-refractivity contribution in [3.63, 3.8) is 0 Å². The standard InChI is InChI=1S/4C10H21O4.Zr/c4*1-5-12-10(13-6-2,14-7-3)9(4)8-11;/h4*9H,5-8H2,1-4H3;/q4*-1;+4. The normalized spacial score (nSPS) is 14.1. The van der Waals surface area contributed by atoms with Crippen LogP contribution in [0.4, 0.5) is 0 Å². The van der Waals surface area contributed by atoms with E-state index in [-0.39, 0.29) is 76.3 Å². The van der Waals surface area contributed by atoms with Crippen LogP contribution in [0.3, 0.4) is 0 Å². The van der Waals surface area contributed by atoms with E-state index in [0.717, 1.165) is 0 Å². The van der Waals surface area contributed by atoms with E-state index in [4.69, 9.17) is 56.8 Å². The van der Waals surface area contributed by atoms with Crippen LogP contribution in [0.15, 0.2) is 0 Å². The van der Waals surface area contributed by atoms with Gasteiger partial charge >= 0.3 is 26.2 Å². The fraction of sp³-hybridized carbons (Fsp3) is 1.00. The van der Waals surface area contributed by atoms with Gasteiger partial charge in [0.05, 0.1) is 0 Å². The topological polar surface area (TPSA) is 203 Å². The Kier molecular flexibility index (Phi) is 48.4. The van der Waals surface area contributed by atoms with Crippen LogP contribution in [0, 0.1) is 23.7 Å². The zero-order chi connectivity index (χ0) is 44.1. The summed E-state index contributed by atoms with van der Waals surface area (Å²) in [6, 6.07) is 0. The van der Waals surface area contributed by atoms with Crippen LogP contribution >= 0.6 is 0 Å². The Labute approximate surface area is 366 Å². The van der Waals surface area contributed by atoms with E-state index in [1.165, 1.54) is 0 Å². The average molecular weight is 912 g/mol. The Morgan fingerprint density at radius 2 is 0.351 bits per heavy atom. The van der Waals surface area contributed by atoms with Crippen molar-refractivity contribution < 1.29 is 103 Å². The van der Waals surface area contributed by atoms with Gasteiger partial charge < -0.3 is 77.3 Å². The van der Waals surface area contributed by atoms with Gasteiger partial charge in [-0.05, 0) is 83.1 Å². The van der Waals surface area contributed by atoms with Gasteiger partial charge in [0, 0.05) is 103 Å². The summed E-state index contributed by atoms with van der Waals surface area (Å²) >= 11 is 0. The van der Waals surface area contributed by atoms with Gasteiger partial charge in [0.25, 0.3) is 23.9 Å². The summed E-state index contributed by atoms with van der Waals surface area (Å²) in [5.41, 5.74) is 0. The number of hydrogen-bond acceptors (Lipinski definition) is 16. The summed E-state index contributed by atoms with van der Waals surface area (Å²) < 4.78 is 65.0. The van der Waals surface area contributed by atoms with Crippen LogP contribution in [0.25, 0.3) is 0 Å². The Balaban J connectivity index is -0.000000210. The van der Waals surface area contributed by atoms with E-state index in [1.54, 1.807) is 27.7 Å². The summed E-state index contributed by atoms with van der Waals surface area (Å²) in [6.45, 7) is 33.7. The van der Waals surface area contributed by atoms with Crippen LogP contribution in [-0.2, 0) is 83.0 Å². The molecule has 0 saturated carbocycles. The van der Waals surface area contributed by atoms with Crippen molar-refractivity contribution in [1.29, 1.82) is 0 Å². The summed E-state index contributed by atoms with van der Waals surface area (Å²) in [7, 11) is 0. The van der Waals surface area contributed by atoms with E-state index >= 15 is 0 Å². The minimum absolute atomic E-state index is 0. The third-order valence-electron chi connectivity index (χ3n) is 7.56. The van der Waals surface area contributed by atoms with Crippen LogP contribution in [0.5, 0.6) is 0 Å². The molecule has 0 aliphatic heterocycles. The molecule has 0 aliphatic rings. The summed E-state index contributed by atoms with van der Waals surface area (Å²) in [5, 5.41) is 43.4. The van der Waals surface area contributed by atoms with Gasteiger partial charge in [-0.3, -0.25) is 0 Å². The molecule has 0 fully saturated rings. The molecule has 0 spiro atoms. The first-order valence-electron chi connectivity index (χ1n) is 20.7. The van der Waals surface area contributed by atoms with Gasteiger partial charge in [0.1, 0.15) is 0 Å². The number of rotatable bonds is 32. The molecule has 0 bridgehead atoms. The monoisotopic (exact) mass is 910 g/mol. The Morgan fingerprint density at radius 3 is 0.404 bits per heavy atom. The second-order valence-corrected chi connectivity index (χ2v) is 11.9. The molecule has 4 unspecified atom stereocenters. The van der Waals surface area contributed by atoms with Crippen LogP contribution in [-0.4, -0.2) is 130 Å². The maximum atomic E-state index is 10.9. The molecule has 4 atom stereocenters. The molecule has 0 aromatic heterocycles. The van der Waals surface area contributed by atoms with Gasteiger partial charge in [0.2, 0.25) is 0 Å².